The molecule has 8 nitrogen and oxygen atoms in total. The van der Waals surface area contributed by atoms with Gasteiger partial charge in [-0.05, 0) is 6.92 Å². The van der Waals surface area contributed by atoms with E-state index in [1.807, 2.05) is 30.3 Å². The maximum Gasteiger partial charge on any atom is 0.252 e. The summed E-state index contributed by atoms with van der Waals surface area (Å²) in [5.41, 5.74) is 6.85. The average molecular weight is 325 g/mol. The fourth-order valence-corrected chi connectivity index (χ4v) is 2.25. The molecule has 0 saturated heterocycles. The Balaban J connectivity index is 1.81. The van der Waals surface area contributed by atoms with Crippen molar-refractivity contribution in [2.24, 2.45) is 5.73 Å². The number of aromatic nitrogens is 3. The number of amides is 2. The molecule has 122 valence electrons. The predicted molar refractivity (Wildman–Crippen MR) is 86.1 cm³/mol. The number of benzene rings is 1. The number of hydrogen-bond donors (Lipinski definition) is 2. The molecule has 0 saturated carbocycles. The molecule has 0 fully saturated rings. The van der Waals surface area contributed by atoms with Crippen molar-refractivity contribution < 1.29 is 14.1 Å². The van der Waals surface area contributed by atoms with Crippen LogP contribution >= 0.6 is 0 Å². The Labute approximate surface area is 137 Å². The zero-order valence-electron chi connectivity index (χ0n) is 12.9. The van der Waals surface area contributed by atoms with Crippen molar-refractivity contribution in [2.75, 3.05) is 5.32 Å². The van der Waals surface area contributed by atoms with Gasteiger partial charge in [0.2, 0.25) is 5.91 Å². The lowest BCUT2D eigenvalue weighted by Gasteiger charge is -2.01. The Morgan fingerprint density at radius 2 is 2.04 bits per heavy atom. The summed E-state index contributed by atoms with van der Waals surface area (Å²) in [4.78, 5) is 23.7. The second kappa shape index (κ2) is 6.37. The first-order valence-corrected chi connectivity index (χ1v) is 7.19. The third-order valence-electron chi connectivity index (χ3n) is 3.28. The molecule has 0 spiro atoms. The Bertz CT molecular complexity index is 882. The van der Waals surface area contributed by atoms with Gasteiger partial charge in [0, 0.05) is 17.8 Å². The van der Waals surface area contributed by atoms with E-state index in [9.17, 15) is 9.59 Å². The van der Waals surface area contributed by atoms with Crippen molar-refractivity contribution in [2.45, 2.75) is 13.5 Å². The van der Waals surface area contributed by atoms with Crippen LogP contribution in [-0.2, 0) is 11.3 Å². The van der Waals surface area contributed by atoms with E-state index in [1.54, 1.807) is 13.0 Å². The Morgan fingerprint density at radius 3 is 2.67 bits per heavy atom. The zero-order chi connectivity index (χ0) is 17.1. The minimum Gasteiger partial charge on any atom is -0.365 e. The van der Waals surface area contributed by atoms with Gasteiger partial charge < -0.3 is 15.6 Å². The highest BCUT2D eigenvalue weighted by atomic mass is 16.5. The lowest BCUT2D eigenvalue weighted by molar-refractivity contribution is -0.116. The molecule has 0 aliphatic rings. The van der Waals surface area contributed by atoms with E-state index in [-0.39, 0.29) is 18.0 Å². The summed E-state index contributed by atoms with van der Waals surface area (Å²) >= 11 is 0. The van der Waals surface area contributed by atoms with Crippen LogP contribution in [0.3, 0.4) is 0 Å². The standard InChI is InChI=1S/C16H15N5O3/c1-10-7-13(20-24-10)18-14(22)9-21-8-12(16(17)23)15(19-21)11-5-3-2-4-6-11/h2-8H,9H2,1H3,(H2,17,23)(H,18,20,22). The molecule has 3 rings (SSSR count). The van der Waals surface area contributed by atoms with E-state index in [2.05, 4.69) is 15.6 Å². The van der Waals surface area contributed by atoms with E-state index < -0.39 is 5.91 Å². The first-order chi connectivity index (χ1) is 11.5. The number of primary amides is 1. The van der Waals surface area contributed by atoms with Gasteiger partial charge in [-0.2, -0.15) is 5.10 Å². The summed E-state index contributed by atoms with van der Waals surface area (Å²) in [7, 11) is 0. The third-order valence-corrected chi connectivity index (χ3v) is 3.28. The Kier molecular flexibility index (Phi) is 4.11. The number of hydrogen-bond acceptors (Lipinski definition) is 5. The van der Waals surface area contributed by atoms with Crippen LogP contribution in [0.25, 0.3) is 11.3 Å². The second-order valence-corrected chi connectivity index (χ2v) is 5.19. The number of nitrogens with two attached hydrogens (primary N) is 1. The van der Waals surface area contributed by atoms with Gasteiger partial charge in [-0.1, -0.05) is 35.5 Å². The molecular weight excluding hydrogens is 310 g/mol. The van der Waals surface area contributed by atoms with E-state index in [4.69, 9.17) is 10.3 Å². The lowest BCUT2D eigenvalue weighted by atomic mass is 10.1. The summed E-state index contributed by atoms with van der Waals surface area (Å²) in [5, 5.41) is 10.6. The molecule has 0 aliphatic heterocycles. The lowest BCUT2D eigenvalue weighted by Crippen LogP contribution is -2.19. The van der Waals surface area contributed by atoms with Crippen LogP contribution in [0.1, 0.15) is 16.1 Å². The molecule has 0 atom stereocenters. The molecular formula is C16H15N5O3. The monoisotopic (exact) mass is 325 g/mol. The van der Waals surface area contributed by atoms with Crippen molar-refractivity contribution >= 4 is 17.6 Å². The number of aryl methyl sites for hydroxylation is 1. The zero-order valence-corrected chi connectivity index (χ0v) is 12.9. The molecule has 0 unspecified atom stereocenters. The summed E-state index contributed by atoms with van der Waals surface area (Å²) in [6, 6.07) is 10.8. The molecule has 3 aromatic rings. The van der Waals surface area contributed by atoms with Crippen LogP contribution in [0.4, 0.5) is 5.82 Å². The fourth-order valence-electron chi connectivity index (χ4n) is 2.25. The van der Waals surface area contributed by atoms with Gasteiger partial charge in [-0.3, -0.25) is 14.3 Å². The van der Waals surface area contributed by atoms with E-state index in [1.165, 1.54) is 10.9 Å². The summed E-state index contributed by atoms with van der Waals surface area (Å²) in [6.07, 6.45) is 1.46. The molecule has 0 radical (unpaired) electrons. The van der Waals surface area contributed by atoms with Gasteiger partial charge in [-0.25, -0.2) is 0 Å². The Hall–Kier alpha value is -3.42. The molecule has 2 aromatic heterocycles. The van der Waals surface area contributed by atoms with E-state index in [0.717, 1.165) is 5.56 Å². The van der Waals surface area contributed by atoms with Crippen molar-refractivity contribution in [1.82, 2.24) is 14.9 Å². The van der Waals surface area contributed by atoms with Crippen LogP contribution in [0.5, 0.6) is 0 Å². The van der Waals surface area contributed by atoms with E-state index >= 15 is 0 Å². The number of carbonyl (C=O) groups is 2. The Morgan fingerprint density at radius 1 is 1.29 bits per heavy atom. The first kappa shape index (κ1) is 15.5. The highest BCUT2D eigenvalue weighted by Gasteiger charge is 2.17. The minimum atomic E-state index is -0.604. The van der Waals surface area contributed by atoms with Crippen molar-refractivity contribution in [1.29, 1.82) is 0 Å². The molecule has 2 heterocycles. The van der Waals surface area contributed by atoms with Crippen LogP contribution in [0.15, 0.2) is 47.1 Å². The number of nitrogens with zero attached hydrogens (tertiary/aromatic N) is 3. The summed E-state index contributed by atoms with van der Waals surface area (Å²) in [6.45, 7) is 1.64. The maximum absolute atomic E-state index is 12.0. The van der Waals surface area contributed by atoms with Crippen LogP contribution in [0, 0.1) is 6.92 Å². The van der Waals surface area contributed by atoms with Crippen LogP contribution < -0.4 is 11.1 Å². The fraction of sp³-hybridized carbons (Fsp3) is 0.125. The molecule has 1 aromatic carbocycles. The third kappa shape index (κ3) is 3.32. The van der Waals surface area contributed by atoms with Gasteiger partial charge in [0.15, 0.2) is 5.82 Å². The number of rotatable bonds is 5. The maximum atomic E-state index is 12.0. The molecule has 0 bridgehead atoms. The van der Waals surface area contributed by atoms with Crippen molar-refractivity contribution in [3.05, 3.63) is 53.9 Å². The van der Waals surface area contributed by atoms with Gasteiger partial charge in [-0.15, -0.1) is 0 Å². The van der Waals surface area contributed by atoms with Crippen molar-refractivity contribution in [3.8, 4) is 11.3 Å². The summed E-state index contributed by atoms with van der Waals surface area (Å²) in [5.74, 6) is -0.0381. The number of anilines is 1. The molecule has 3 N–H and O–H groups in total. The minimum absolute atomic E-state index is 0.0843. The highest BCUT2D eigenvalue weighted by molar-refractivity contribution is 5.98. The second-order valence-electron chi connectivity index (χ2n) is 5.19. The molecule has 8 heteroatoms. The van der Waals surface area contributed by atoms with Gasteiger partial charge >= 0.3 is 0 Å². The first-order valence-electron chi connectivity index (χ1n) is 7.19. The van der Waals surface area contributed by atoms with Gasteiger partial charge in [0.05, 0.1) is 5.56 Å². The highest BCUT2D eigenvalue weighted by Crippen LogP contribution is 2.21. The topological polar surface area (TPSA) is 116 Å². The van der Waals surface area contributed by atoms with Gasteiger partial charge in [0.1, 0.15) is 18.0 Å². The van der Waals surface area contributed by atoms with Crippen LogP contribution in [0.2, 0.25) is 0 Å². The van der Waals surface area contributed by atoms with Gasteiger partial charge in [0.25, 0.3) is 5.91 Å². The quantitative estimate of drug-likeness (QED) is 0.739. The summed E-state index contributed by atoms with van der Waals surface area (Å²) < 4.78 is 6.25. The average Bonchev–Trinajstić information content (AvgIpc) is 3.14. The molecule has 0 aliphatic carbocycles. The largest absolute Gasteiger partial charge is 0.365 e. The van der Waals surface area contributed by atoms with Crippen LogP contribution in [-0.4, -0.2) is 26.8 Å². The smallest absolute Gasteiger partial charge is 0.252 e. The normalized spacial score (nSPS) is 10.5. The van der Waals surface area contributed by atoms with Crippen molar-refractivity contribution in [3.63, 3.8) is 0 Å². The molecule has 2 amide bonds. The molecule has 24 heavy (non-hydrogen) atoms. The van der Waals surface area contributed by atoms with E-state index in [0.29, 0.717) is 17.3 Å². The predicted octanol–water partition coefficient (Wildman–Crippen LogP) is 1.58. The SMILES string of the molecule is Cc1cc(NC(=O)Cn2cc(C(N)=O)c(-c3ccccc3)n2)no1. The number of nitrogens with one attached hydrogen (secondary N) is 1. The number of carbonyl (C=O) groups excluding carboxylic acids is 2.